The summed E-state index contributed by atoms with van der Waals surface area (Å²) in [6, 6.07) is 10.4. The van der Waals surface area contributed by atoms with Gasteiger partial charge in [0, 0.05) is 12.5 Å². The SMILES string of the molecule is NCCC(Cn1cncn1)c1ccccc1. The predicted molar refractivity (Wildman–Crippen MR) is 62.9 cm³/mol. The van der Waals surface area contributed by atoms with Crippen LogP contribution in [0.1, 0.15) is 17.9 Å². The molecule has 1 unspecified atom stereocenters. The number of benzene rings is 1. The highest BCUT2D eigenvalue weighted by atomic mass is 15.3. The molecule has 0 spiro atoms. The monoisotopic (exact) mass is 216 g/mol. The van der Waals surface area contributed by atoms with E-state index in [1.165, 1.54) is 5.56 Å². The predicted octanol–water partition coefficient (Wildman–Crippen LogP) is 1.41. The van der Waals surface area contributed by atoms with Gasteiger partial charge in [0.05, 0.1) is 0 Å². The summed E-state index contributed by atoms with van der Waals surface area (Å²) < 4.78 is 1.85. The third-order valence-electron chi connectivity index (χ3n) is 2.66. The van der Waals surface area contributed by atoms with Crippen LogP contribution in [-0.4, -0.2) is 21.3 Å². The van der Waals surface area contributed by atoms with E-state index in [1.54, 1.807) is 12.7 Å². The number of nitrogens with two attached hydrogens (primary N) is 1. The number of aromatic nitrogens is 3. The van der Waals surface area contributed by atoms with Gasteiger partial charge in [-0.15, -0.1) is 0 Å². The lowest BCUT2D eigenvalue weighted by Crippen LogP contribution is -2.14. The molecule has 0 saturated carbocycles. The third-order valence-corrected chi connectivity index (χ3v) is 2.66. The Labute approximate surface area is 95.1 Å². The van der Waals surface area contributed by atoms with Gasteiger partial charge in [-0.05, 0) is 18.5 Å². The van der Waals surface area contributed by atoms with Crippen molar-refractivity contribution in [2.75, 3.05) is 6.54 Å². The van der Waals surface area contributed by atoms with E-state index in [9.17, 15) is 0 Å². The van der Waals surface area contributed by atoms with E-state index in [2.05, 4.69) is 34.3 Å². The Morgan fingerprint density at radius 1 is 1.25 bits per heavy atom. The number of hydrogen-bond donors (Lipinski definition) is 1. The Hall–Kier alpha value is -1.68. The molecule has 2 rings (SSSR count). The van der Waals surface area contributed by atoms with Crippen LogP contribution in [0.2, 0.25) is 0 Å². The van der Waals surface area contributed by atoms with E-state index in [0.29, 0.717) is 12.5 Å². The lowest BCUT2D eigenvalue weighted by molar-refractivity contribution is 0.493. The van der Waals surface area contributed by atoms with Crippen molar-refractivity contribution in [3.63, 3.8) is 0 Å². The fourth-order valence-electron chi connectivity index (χ4n) is 1.84. The lowest BCUT2D eigenvalue weighted by atomic mass is 9.96. The normalized spacial score (nSPS) is 12.6. The Balaban J connectivity index is 2.11. The van der Waals surface area contributed by atoms with Crippen LogP contribution in [0.15, 0.2) is 43.0 Å². The molecule has 1 heterocycles. The van der Waals surface area contributed by atoms with Crippen molar-refractivity contribution in [3.8, 4) is 0 Å². The van der Waals surface area contributed by atoms with Crippen LogP contribution in [0.3, 0.4) is 0 Å². The number of nitrogens with zero attached hydrogens (tertiary/aromatic N) is 3. The van der Waals surface area contributed by atoms with Crippen molar-refractivity contribution in [1.29, 1.82) is 0 Å². The Kier molecular flexibility index (Phi) is 3.66. The maximum absolute atomic E-state index is 5.65. The number of hydrogen-bond acceptors (Lipinski definition) is 3. The van der Waals surface area contributed by atoms with E-state index < -0.39 is 0 Å². The van der Waals surface area contributed by atoms with Crippen molar-refractivity contribution in [3.05, 3.63) is 48.5 Å². The summed E-state index contributed by atoms with van der Waals surface area (Å²) >= 11 is 0. The first-order valence-electron chi connectivity index (χ1n) is 5.47. The molecule has 2 aromatic rings. The van der Waals surface area contributed by atoms with Crippen LogP contribution in [0.5, 0.6) is 0 Å². The fourth-order valence-corrected chi connectivity index (χ4v) is 1.84. The third kappa shape index (κ3) is 2.67. The lowest BCUT2D eigenvalue weighted by Gasteiger charge is -2.16. The van der Waals surface area contributed by atoms with Crippen molar-refractivity contribution < 1.29 is 0 Å². The number of rotatable bonds is 5. The molecule has 84 valence electrons. The van der Waals surface area contributed by atoms with E-state index >= 15 is 0 Å². The first kappa shape index (κ1) is 10.8. The molecule has 0 radical (unpaired) electrons. The minimum atomic E-state index is 0.410. The van der Waals surface area contributed by atoms with E-state index in [1.807, 2.05) is 10.7 Å². The summed E-state index contributed by atoms with van der Waals surface area (Å²) in [6.45, 7) is 1.52. The van der Waals surface area contributed by atoms with Gasteiger partial charge in [0.2, 0.25) is 0 Å². The molecule has 1 atom stereocenters. The molecule has 0 amide bonds. The first-order chi connectivity index (χ1) is 7.90. The van der Waals surface area contributed by atoms with Crippen LogP contribution in [0, 0.1) is 0 Å². The van der Waals surface area contributed by atoms with Crippen LogP contribution >= 0.6 is 0 Å². The van der Waals surface area contributed by atoms with Crippen molar-refractivity contribution in [1.82, 2.24) is 14.8 Å². The second-order valence-corrected chi connectivity index (χ2v) is 3.80. The second kappa shape index (κ2) is 5.42. The standard InChI is InChI=1S/C12H16N4/c13-7-6-12(8-16-10-14-9-15-16)11-4-2-1-3-5-11/h1-5,9-10,12H,6-8,13H2. The highest BCUT2D eigenvalue weighted by Gasteiger charge is 2.11. The molecular weight excluding hydrogens is 200 g/mol. The fraction of sp³-hybridized carbons (Fsp3) is 0.333. The maximum Gasteiger partial charge on any atom is 0.137 e. The highest BCUT2D eigenvalue weighted by molar-refractivity contribution is 5.19. The molecule has 16 heavy (non-hydrogen) atoms. The molecule has 2 N–H and O–H groups in total. The zero-order chi connectivity index (χ0) is 11.2. The summed E-state index contributed by atoms with van der Waals surface area (Å²) in [5.41, 5.74) is 6.96. The van der Waals surface area contributed by atoms with Gasteiger partial charge in [-0.1, -0.05) is 30.3 Å². The van der Waals surface area contributed by atoms with Gasteiger partial charge in [-0.3, -0.25) is 4.68 Å². The highest BCUT2D eigenvalue weighted by Crippen LogP contribution is 2.20. The van der Waals surface area contributed by atoms with Gasteiger partial charge < -0.3 is 5.73 Å². The minimum Gasteiger partial charge on any atom is -0.330 e. The van der Waals surface area contributed by atoms with Crippen molar-refractivity contribution in [2.45, 2.75) is 18.9 Å². The van der Waals surface area contributed by atoms with Gasteiger partial charge in [0.15, 0.2) is 0 Å². The van der Waals surface area contributed by atoms with Gasteiger partial charge in [0.25, 0.3) is 0 Å². The molecule has 0 aliphatic rings. The molecular formula is C12H16N4. The molecule has 0 saturated heterocycles. The molecule has 1 aromatic heterocycles. The van der Waals surface area contributed by atoms with Crippen LogP contribution in [-0.2, 0) is 6.54 Å². The molecule has 4 nitrogen and oxygen atoms in total. The summed E-state index contributed by atoms with van der Waals surface area (Å²) in [4.78, 5) is 3.95. The summed E-state index contributed by atoms with van der Waals surface area (Å²) in [5.74, 6) is 0.410. The largest absolute Gasteiger partial charge is 0.330 e. The first-order valence-corrected chi connectivity index (χ1v) is 5.47. The zero-order valence-electron chi connectivity index (χ0n) is 9.16. The summed E-state index contributed by atoms with van der Waals surface area (Å²) in [6.07, 6.45) is 4.26. The van der Waals surface area contributed by atoms with Gasteiger partial charge >= 0.3 is 0 Å². The molecule has 0 fully saturated rings. The molecule has 4 heteroatoms. The van der Waals surface area contributed by atoms with Crippen LogP contribution < -0.4 is 5.73 Å². The second-order valence-electron chi connectivity index (χ2n) is 3.80. The van der Waals surface area contributed by atoms with E-state index in [-0.39, 0.29) is 0 Å². The average Bonchev–Trinajstić information content (AvgIpc) is 2.83. The van der Waals surface area contributed by atoms with Crippen LogP contribution in [0.4, 0.5) is 0 Å². The zero-order valence-corrected chi connectivity index (χ0v) is 9.16. The van der Waals surface area contributed by atoms with Gasteiger partial charge in [-0.25, -0.2) is 4.98 Å². The molecule has 0 aliphatic heterocycles. The van der Waals surface area contributed by atoms with Gasteiger partial charge in [-0.2, -0.15) is 5.10 Å². The Bertz CT molecular complexity index is 396. The van der Waals surface area contributed by atoms with Crippen molar-refractivity contribution in [2.24, 2.45) is 5.73 Å². The topological polar surface area (TPSA) is 56.7 Å². The van der Waals surface area contributed by atoms with Crippen molar-refractivity contribution >= 4 is 0 Å². The summed E-state index contributed by atoms with van der Waals surface area (Å²) in [5, 5.41) is 4.13. The van der Waals surface area contributed by atoms with Crippen LogP contribution in [0.25, 0.3) is 0 Å². The summed E-state index contributed by atoms with van der Waals surface area (Å²) in [7, 11) is 0. The smallest absolute Gasteiger partial charge is 0.137 e. The molecule has 0 aliphatic carbocycles. The quantitative estimate of drug-likeness (QED) is 0.822. The van der Waals surface area contributed by atoms with E-state index in [0.717, 1.165) is 13.0 Å². The maximum atomic E-state index is 5.65. The molecule has 0 bridgehead atoms. The average molecular weight is 216 g/mol. The molecule has 1 aromatic carbocycles. The van der Waals surface area contributed by atoms with E-state index in [4.69, 9.17) is 5.73 Å². The Morgan fingerprint density at radius 3 is 2.69 bits per heavy atom. The Morgan fingerprint density at radius 2 is 2.06 bits per heavy atom. The van der Waals surface area contributed by atoms with Gasteiger partial charge in [0.1, 0.15) is 12.7 Å². The minimum absolute atomic E-state index is 0.410.